The molecular weight excluding hydrogens is 434 g/mol. The van der Waals surface area contributed by atoms with E-state index in [1.54, 1.807) is 35.0 Å². The molecule has 0 saturated heterocycles. The maximum Gasteiger partial charge on any atom is 0.261 e. The number of fused-ring (bicyclic) bond motifs is 1. The monoisotopic (exact) mass is 459 g/mol. The summed E-state index contributed by atoms with van der Waals surface area (Å²) in [6.45, 7) is 8.35. The van der Waals surface area contributed by atoms with Crippen LogP contribution in [0.25, 0.3) is 5.69 Å². The Bertz CT molecular complexity index is 1210. The van der Waals surface area contributed by atoms with E-state index in [1.807, 2.05) is 12.1 Å². The van der Waals surface area contributed by atoms with Gasteiger partial charge in [0.15, 0.2) is 5.82 Å². The topological polar surface area (TPSA) is 88.9 Å². The number of hydrogen-bond acceptors (Lipinski definition) is 5. The molecule has 2 aromatic carbocycles. The fourth-order valence-corrected chi connectivity index (χ4v) is 4.84. The van der Waals surface area contributed by atoms with Crippen LogP contribution in [0.1, 0.15) is 45.4 Å². The lowest BCUT2D eigenvalue weighted by atomic mass is 9.87. The van der Waals surface area contributed by atoms with E-state index in [0.717, 1.165) is 24.1 Å². The van der Waals surface area contributed by atoms with Gasteiger partial charge in [-0.25, -0.2) is 13.1 Å². The second-order valence-electron chi connectivity index (χ2n) is 8.92. The van der Waals surface area contributed by atoms with E-state index in [0.29, 0.717) is 28.3 Å². The number of benzene rings is 2. The van der Waals surface area contributed by atoms with Crippen molar-refractivity contribution >= 4 is 33.1 Å². The number of halogens is 1. The summed E-state index contributed by atoms with van der Waals surface area (Å²) in [4.78, 5) is 0.192. The van der Waals surface area contributed by atoms with E-state index in [1.165, 1.54) is 0 Å². The fourth-order valence-electron chi connectivity index (χ4n) is 3.59. The molecule has 1 aliphatic heterocycles. The molecular formula is C22H26ClN5O2S. The highest BCUT2D eigenvalue weighted by molar-refractivity contribution is 7.92. The quantitative estimate of drug-likeness (QED) is 0.586. The van der Waals surface area contributed by atoms with Crippen LogP contribution in [0, 0.1) is 0 Å². The van der Waals surface area contributed by atoms with Crippen LogP contribution in [0.2, 0.25) is 5.02 Å². The Morgan fingerprint density at radius 3 is 2.55 bits per heavy atom. The lowest BCUT2D eigenvalue weighted by Crippen LogP contribution is -2.23. The number of rotatable bonds is 4. The van der Waals surface area contributed by atoms with Crippen LogP contribution in [-0.2, 0) is 21.9 Å². The van der Waals surface area contributed by atoms with Gasteiger partial charge in [0.1, 0.15) is 0 Å². The van der Waals surface area contributed by atoms with Crippen molar-refractivity contribution in [2.75, 3.05) is 10.0 Å². The predicted molar refractivity (Wildman–Crippen MR) is 124 cm³/mol. The van der Waals surface area contributed by atoms with E-state index in [2.05, 4.69) is 48.0 Å². The van der Waals surface area contributed by atoms with Gasteiger partial charge in [0.2, 0.25) is 0 Å². The molecule has 31 heavy (non-hydrogen) atoms. The van der Waals surface area contributed by atoms with Crippen molar-refractivity contribution in [1.82, 2.24) is 15.0 Å². The number of hydrogen-bond donors (Lipinski definition) is 2. The van der Waals surface area contributed by atoms with Gasteiger partial charge in [-0.3, -0.25) is 4.72 Å². The third-order valence-corrected chi connectivity index (χ3v) is 7.04. The molecule has 164 valence electrons. The van der Waals surface area contributed by atoms with Crippen molar-refractivity contribution in [2.45, 2.75) is 56.9 Å². The van der Waals surface area contributed by atoms with Crippen molar-refractivity contribution in [3.63, 3.8) is 0 Å². The molecule has 7 nitrogen and oxygen atoms in total. The minimum atomic E-state index is -3.80. The van der Waals surface area contributed by atoms with Gasteiger partial charge < -0.3 is 5.32 Å². The van der Waals surface area contributed by atoms with Crippen LogP contribution in [0.3, 0.4) is 0 Å². The standard InChI is InChI=1S/C22H26ClN5O2S/c1-14-5-12-19-21(24-14)25-27-28(19)20-13-16(23)8-11-18(20)26-31(29,30)17-9-6-15(7-10-17)22(2,3)4/h6-11,13-14,24,26H,5,12H2,1-4H3. The van der Waals surface area contributed by atoms with Crippen molar-refractivity contribution < 1.29 is 8.42 Å². The molecule has 0 radical (unpaired) electrons. The molecule has 1 aromatic heterocycles. The van der Waals surface area contributed by atoms with Crippen molar-refractivity contribution in [3.05, 3.63) is 58.7 Å². The van der Waals surface area contributed by atoms with Crippen LogP contribution >= 0.6 is 11.6 Å². The number of aromatic nitrogens is 3. The molecule has 0 amide bonds. The first-order valence-corrected chi connectivity index (χ1v) is 12.0. The first kappa shape index (κ1) is 21.6. The Hall–Kier alpha value is -2.58. The van der Waals surface area contributed by atoms with Crippen molar-refractivity contribution in [2.24, 2.45) is 0 Å². The van der Waals surface area contributed by atoms with Crippen LogP contribution in [0.15, 0.2) is 47.4 Å². The van der Waals surface area contributed by atoms with Gasteiger partial charge in [0.25, 0.3) is 10.0 Å². The second-order valence-corrected chi connectivity index (χ2v) is 11.0. The van der Waals surface area contributed by atoms with E-state index in [-0.39, 0.29) is 10.3 Å². The average Bonchev–Trinajstić information content (AvgIpc) is 3.11. The Morgan fingerprint density at radius 2 is 1.87 bits per heavy atom. The minimum Gasteiger partial charge on any atom is -0.365 e. The fraction of sp³-hybridized carbons (Fsp3) is 0.364. The Morgan fingerprint density at radius 1 is 1.16 bits per heavy atom. The molecule has 9 heteroatoms. The lowest BCUT2D eigenvalue weighted by molar-refractivity contribution is 0.587. The van der Waals surface area contributed by atoms with Crippen LogP contribution < -0.4 is 10.0 Å². The second kappa shape index (κ2) is 7.84. The molecule has 3 aromatic rings. The summed E-state index contributed by atoms with van der Waals surface area (Å²) in [7, 11) is -3.80. The van der Waals surface area contributed by atoms with Gasteiger partial charge in [-0.2, -0.15) is 0 Å². The van der Waals surface area contributed by atoms with Crippen LogP contribution in [0.4, 0.5) is 11.5 Å². The van der Waals surface area contributed by atoms with E-state index in [9.17, 15) is 8.42 Å². The summed E-state index contributed by atoms with van der Waals surface area (Å²) in [6, 6.07) is 12.2. The van der Waals surface area contributed by atoms with Gasteiger partial charge in [0, 0.05) is 11.1 Å². The smallest absolute Gasteiger partial charge is 0.261 e. The molecule has 2 N–H and O–H groups in total. The summed E-state index contributed by atoms with van der Waals surface area (Å²) < 4.78 is 30.5. The zero-order valence-electron chi connectivity index (χ0n) is 18.0. The molecule has 1 aliphatic rings. The van der Waals surface area contributed by atoms with Crippen LogP contribution in [0.5, 0.6) is 0 Å². The number of nitrogens with zero attached hydrogens (tertiary/aromatic N) is 3. The molecule has 0 bridgehead atoms. The van der Waals surface area contributed by atoms with E-state index >= 15 is 0 Å². The lowest BCUT2D eigenvalue weighted by Gasteiger charge is -2.21. The zero-order chi connectivity index (χ0) is 22.4. The highest BCUT2D eigenvalue weighted by Crippen LogP contribution is 2.31. The summed E-state index contributed by atoms with van der Waals surface area (Å²) in [6.07, 6.45) is 1.71. The number of nitrogens with one attached hydrogen (secondary N) is 2. The molecule has 0 fully saturated rings. The Labute approximate surface area is 187 Å². The number of anilines is 2. The summed E-state index contributed by atoms with van der Waals surface area (Å²) in [5.74, 6) is 0.713. The molecule has 4 rings (SSSR count). The molecule has 2 heterocycles. The Kier molecular flexibility index (Phi) is 5.47. The molecule has 1 unspecified atom stereocenters. The van der Waals surface area contributed by atoms with Crippen molar-refractivity contribution in [1.29, 1.82) is 0 Å². The third-order valence-electron chi connectivity index (χ3n) is 5.42. The molecule has 1 atom stereocenters. The van der Waals surface area contributed by atoms with Crippen LogP contribution in [-0.4, -0.2) is 29.5 Å². The van der Waals surface area contributed by atoms with Gasteiger partial charge in [0.05, 0.1) is 22.0 Å². The summed E-state index contributed by atoms with van der Waals surface area (Å²) in [5.41, 5.74) is 2.82. The highest BCUT2D eigenvalue weighted by atomic mass is 35.5. The normalized spacial score (nSPS) is 16.5. The zero-order valence-corrected chi connectivity index (χ0v) is 19.5. The van der Waals surface area contributed by atoms with E-state index < -0.39 is 10.0 Å². The first-order valence-electron chi connectivity index (χ1n) is 10.2. The van der Waals surface area contributed by atoms with Gasteiger partial charge >= 0.3 is 0 Å². The summed E-state index contributed by atoms with van der Waals surface area (Å²) in [5, 5.41) is 12.3. The maximum atomic E-state index is 13.1. The first-order chi connectivity index (χ1) is 14.5. The average molecular weight is 460 g/mol. The summed E-state index contributed by atoms with van der Waals surface area (Å²) >= 11 is 6.23. The molecule has 0 saturated carbocycles. The molecule has 0 spiro atoms. The molecule has 0 aliphatic carbocycles. The highest BCUT2D eigenvalue weighted by Gasteiger charge is 2.24. The SMILES string of the molecule is CC1CCc2c(nnn2-c2cc(Cl)ccc2NS(=O)(=O)c2ccc(C(C)(C)C)cc2)N1. The maximum absolute atomic E-state index is 13.1. The number of sulfonamides is 1. The van der Waals surface area contributed by atoms with Gasteiger partial charge in [-0.1, -0.05) is 49.7 Å². The van der Waals surface area contributed by atoms with E-state index in [4.69, 9.17) is 11.6 Å². The largest absolute Gasteiger partial charge is 0.365 e. The predicted octanol–water partition coefficient (Wildman–Crippen LogP) is 4.77. The minimum absolute atomic E-state index is 0.0587. The van der Waals surface area contributed by atoms with Gasteiger partial charge in [-0.05, 0) is 61.1 Å². The van der Waals surface area contributed by atoms with Crippen molar-refractivity contribution in [3.8, 4) is 5.69 Å². The third kappa shape index (κ3) is 4.41. The van der Waals surface area contributed by atoms with Gasteiger partial charge in [-0.15, -0.1) is 5.10 Å². The Balaban J connectivity index is 1.70.